The highest BCUT2D eigenvalue weighted by atomic mass is 35.5. The number of aromatic nitrogens is 1. The molecule has 0 radical (unpaired) electrons. The number of benzene rings is 1. The van der Waals surface area contributed by atoms with E-state index in [1.807, 2.05) is 47.9 Å². The molecule has 2 heterocycles. The van der Waals surface area contributed by atoms with Gasteiger partial charge in [0.2, 0.25) is 0 Å². The van der Waals surface area contributed by atoms with Crippen LogP contribution in [-0.4, -0.2) is 30.3 Å². The summed E-state index contributed by atoms with van der Waals surface area (Å²) in [5.41, 5.74) is 4.44. The third kappa shape index (κ3) is 3.88. The predicted octanol–water partition coefficient (Wildman–Crippen LogP) is 4.23. The lowest BCUT2D eigenvalue weighted by Crippen LogP contribution is -2.18. The van der Waals surface area contributed by atoms with Gasteiger partial charge in [0.1, 0.15) is 0 Å². The lowest BCUT2D eigenvalue weighted by Gasteiger charge is -2.16. The summed E-state index contributed by atoms with van der Waals surface area (Å²) < 4.78 is 25.3. The Morgan fingerprint density at radius 1 is 1.16 bits per heavy atom. The van der Waals surface area contributed by atoms with Crippen LogP contribution in [0.1, 0.15) is 41.5 Å². The van der Waals surface area contributed by atoms with Gasteiger partial charge in [-0.25, -0.2) is 8.42 Å². The van der Waals surface area contributed by atoms with E-state index >= 15 is 0 Å². The Kier molecular flexibility index (Phi) is 4.89. The molecule has 1 saturated heterocycles. The molecule has 0 bridgehead atoms. The molecule has 1 aromatic carbocycles. The van der Waals surface area contributed by atoms with Crippen LogP contribution in [0, 0.1) is 6.92 Å². The van der Waals surface area contributed by atoms with Crippen LogP contribution in [0.15, 0.2) is 35.9 Å². The van der Waals surface area contributed by atoms with Crippen LogP contribution in [0.5, 0.6) is 0 Å². The van der Waals surface area contributed by atoms with Crippen molar-refractivity contribution in [2.24, 2.45) is 0 Å². The zero-order chi connectivity index (χ0) is 18.2. The van der Waals surface area contributed by atoms with Crippen LogP contribution in [0.3, 0.4) is 0 Å². The normalized spacial score (nSPS) is 16.7. The number of sulfone groups is 1. The maximum Gasteiger partial charge on any atom is 0.161 e. The van der Waals surface area contributed by atoms with Crippen LogP contribution in [0.2, 0.25) is 5.02 Å². The van der Waals surface area contributed by atoms with Gasteiger partial charge in [-0.3, -0.25) is 4.79 Å². The summed E-state index contributed by atoms with van der Waals surface area (Å²) in [7, 11) is -2.91. The monoisotopic (exact) mass is 377 g/mol. The summed E-state index contributed by atoms with van der Waals surface area (Å²) in [6.07, 6.45) is 3.11. The first-order chi connectivity index (χ1) is 11.8. The number of ketones is 1. The minimum Gasteiger partial charge on any atom is -0.314 e. The van der Waals surface area contributed by atoms with Gasteiger partial charge in [-0.15, -0.1) is 0 Å². The number of nitrogens with zero attached hydrogens (tertiary/aromatic N) is 1. The van der Waals surface area contributed by atoms with Crippen molar-refractivity contribution in [2.75, 3.05) is 11.5 Å². The summed E-state index contributed by atoms with van der Waals surface area (Å²) in [4.78, 5) is 12.0. The second-order valence-electron chi connectivity index (χ2n) is 6.39. The molecule has 0 N–H and O–H groups in total. The molecule has 3 rings (SSSR count). The minimum absolute atomic E-state index is 0.0103. The quantitative estimate of drug-likeness (QED) is 0.752. The van der Waals surface area contributed by atoms with Gasteiger partial charge in [0, 0.05) is 27.7 Å². The van der Waals surface area contributed by atoms with E-state index in [1.165, 1.54) is 0 Å². The summed E-state index contributed by atoms with van der Waals surface area (Å²) >= 11 is 5.98. The van der Waals surface area contributed by atoms with Crippen LogP contribution in [0.4, 0.5) is 0 Å². The van der Waals surface area contributed by atoms with Crippen molar-refractivity contribution >= 4 is 33.3 Å². The fourth-order valence-electron chi connectivity index (χ4n) is 3.18. The molecule has 2 aromatic rings. The van der Waals surface area contributed by atoms with Gasteiger partial charge in [-0.2, -0.15) is 0 Å². The fraction of sp³-hybridized carbons (Fsp3) is 0.316. The lowest BCUT2D eigenvalue weighted by molar-refractivity contribution is 0.101. The van der Waals surface area contributed by atoms with E-state index in [1.54, 1.807) is 6.92 Å². The second-order valence-corrected chi connectivity index (χ2v) is 9.13. The smallest absolute Gasteiger partial charge is 0.161 e. The van der Waals surface area contributed by atoms with Crippen LogP contribution in [-0.2, 0) is 9.84 Å². The maximum atomic E-state index is 12.0. The Morgan fingerprint density at radius 2 is 1.76 bits per heavy atom. The van der Waals surface area contributed by atoms with Gasteiger partial charge >= 0.3 is 0 Å². The SMILES string of the molecule is CC(=O)c1cc(C=C2CCS(=O)(=O)CC2)n(-c2ccc(Cl)cc2)c1C. The molecule has 0 spiro atoms. The number of halogens is 1. The van der Waals surface area contributed by atoms with E-state index in [2.05, 4.69) is 0 Å². The number of allylic oxidation sites excluding steroid dienone is 1. The Hall–Kier alpha value is -1.85. The van der Waals surface area contributed by atoms with Crippen molar-refractivity contribution in [3.05, 3.63) is 57.9 Å². The van der Waals surface area contributed by atoms with Crippen molar-refractivity contribution in [2.45, 2.75) is 26.7 Å². The van der Waals surface area contributed by atoms with Gasteiger partial charge in [0.25, 0.3) is 0 Å². The molecule has 0 saturated carbocycles. The Balaban J connectivity index is 2.08. The molecule has 6 heteroatoms. The molecule has 25 heavy (non-hydrogen) atoms. The first-order valence-electron chi connectivity index (χ1n) is 8.16. The van der Waals surface area contributed by atoms with E-state index < -0.39 is 9.84 Å². The van der Waals surface area contributed by atoms with Gasteiger partial charge in [0.05, 0.1) is 11.5 Å². The van der Waals surface area contributed by atoms with E-state index in [-0.39, 0.29) is 17.3 Å². The number of Topliss-reactive ketones (excluding diaryl/α,β-unsaturated/α-hetero) is 1. The van der Waals surface area contributed by atoms with Crippen LogP contribution >= 0.6 is 11.6 Å². The van der Waals surface area contributed by atoms with Crippen LogP contribution in [0.25, 0.3) is 11.8 Å². The number of hydrogen-bond donors (Lipinski definition) is 0. The first-order valence-corrected chi connectivity index (χ1v) is 10.4. The molecular weight excluding hydrogens is 358 g/mol. The Morgan fingerprint density at radius 3 is 2.32 bits per heavy atom. The Bertz CT molecular complexity index is 937. The van der Waals surface area contributed by atoms with Gasteiger partial charge < -0.3 is 4.57 Å². The molecule has 0 amide bonds. The molecule has 132 valence electrons. The van der Waals surface area contributed by atoms with Gasteiger partial charge in [-0.1, -0.05) is 17.2 Å². The minimum atomic E-state index is -2.91. The molecular formula is C19H20ClNO3S. The van der Waals surface area contributed by atoms with Crippen molar-refractivity contribution in [1.82, 2.24) is 4.57 Å². The van der Waals surface area contributed by atoms with Gasteiger partial charge in [-0.05, 0) is 63.1 Å². The van der Waals surface area contributed by atoms with Crippen molar-refractivity contribution < 1.29 is 13.2 Å². The number of carbonyl (C=O) groups is 1. The molecule has 0 aliphatic carbocycles. The fourth-order valence-corrected chi connectivity index (χ4v) is 4.66. The van der Waals surface area contributed by atoms with Gasteiger partial charge in [0.15, 0.2) is 15.6 Å². The molecule has 1 aliphatic rings. The van der Waals surface area contributed by atoms with E-state index in [4.69, 9.17) is 11.6 Å². The average Bonchev–Trinajstić information content (AvgIpc) is 2.87. The van der Waals surface area contributed by atoms with E-state index in [0.717, 1.165) is 22.6 Å². The van der Waals surface area contributed by atoms with Crippen molar-refractivity contribution in [3.8, 4) is 5.69 Å². The summed E-state index contributed by atoms with van der Waals surface area (Å²) in [5.74, 6) is 0.397. The molecule has 0 atom stereocenters. The maximum absolute atomic E-state index is 12.0. The number of hydrogen-bond acceptors (Lipinski definition) is 3. The van der Waals surface area contributed by atoms with E-state index in [9.17, 15) is 13.2 Å². The molecule has 0 unspecified atom stereocenters. The molecule has 1 fully saturated rings. The highest BCUT2D eigenvalue weighted by Gasteiger charge is 2.20. The Labute approximate surface area is 153 Å². The summed E-state index contributed by atoms with van der Waals surface area (Å²) in [6.45, 7) is 3.47. The zero-order valence-corrected chi connectivity index (χ0v) is 15.8. The summed E-state index contributed by atoms with van der Waals surface area (Å²) in [6, 6.07) is 9.32. The molecule has 1 aliphatic heterocycles. The van der Waals surface area contributed by atoms with Crippen molar-refractivity contribution in [1.29, 1.82) is 0 Å². The number of rotatable bonds is 3. The third-order valence-electron chi connectivity index (χ3n) is 4.56. The number of carbonyl (C=O) groups excluding carboxylic acids is 1. The standard InChI is InChI=1S/C19H20ClNO3S/c1-13-19(14(2)22)12-18(11-15-7-9-25(23,24)10-8-15)21(13)17-5-3-16(20)4-6-17/h3-6,11-12H,7-10H2,1-2H3. The lowest BCUT2D eigenvalue weighted by atomic mass is 10.1. The summed E-state index contributed by atoms with van der Waals surface area (Å²) in [5, 5.41) is 0.651. The second kappa shape index (κ2) is 6.81. The van der Waals surface area contributed by atoms with Crippen LogP contribution < -0.4 is 0 Å². The highest BCUT2D eigenvalue weighted by molar-refractivity contribution is 7.91. The highest BCUT2D eigenvalue weighted by Crippen LogP contribution is 2.27. The largest absolute Gasteiger partial charge is 0.314 e. The van der Waals surface area contributed by atoms with E-state index in [0.29, 0.717) is 23.4 Å². The third-order valence-corrected chi connectivity index (χ3v) is 6.46. The first kappa shape index (κ1) is 18.0. The topological polar surface area (TPSA) is 56.1 Å². The average molecular weight is 378 g/mol. The predicted molar refractivity (Wildman–Crippen MR) is 101 cm³/mol. The zero-order valence-electron chi connectivity index (χ0n) is 14.3. The van der Waals surface area contributed by atoms with Crippen molar-refractivity contribution in [3.63, 3.8) is 0 Å². The molecule has 1 aromatic heterocycles. The molecule has 4 nitrogen and oxygen atoms in total.